The molecule has 0 saturated heterocycles. The summed E-state index contributed by atoms with van der Waals surface area (Å²) in [5.41, 5.74) is 8.44. The molecule has 1 fully saturated rings. The Labute approximate surface area is 85.5 Å². The Hall–Kier alpha value is -0.860. The van der Waals surface area contributed by atoms with Crippen molar-refractivity contribution in [2.24, 2.45) is 5.73 Å². The van der Waals surface area contributed by atoms with E-state index in [9.17, 15) is 0 Å². The molecule has 0 spiro atoms. The Balaban J connectivity index is 2.11. The van der Waals surface area contributed by atoms with E-state index in [1.165, 1.54) is 24.0 Å². The van der Waals surface area contributed by atoms with E-state index in [0.29, 0.717) is 12.6 Å². The molecule has 1 aromatic rings. The Morgan fingerprint density at radius 1 is 1.36 bits per heavy atom. The highest BCUT2D eigenvalue weighted by Crippen LogP contribution is 2.40. The summed E-state index contributed by atoms with van der Waals surface area (Å²) in [5, 5.41) is 3.21. The van der Waals surface area contributed by atoms with E-state index < -0.39 is 0 Å². The molecule has 1 unspecified atom stereocenters. The Kier molecular flexibility index (Phi) is 2.85. The summed E-state index contributed by atoms with van der Waals surface area (Å²) in [6.07, 6.45) is 2.73. The van der Waals surface area contributed by atoms with Crippen molar-refractivity contribution in [2.45, 2.75) is 24.8 Å². The molecule has 0 amide bonds. The second-order valence-electron chi connectivity index (χ2n) is 4.02. The summed E-state index contributed by atoms with van der Waals surface area (Å²) >= 11 is 0. The van der Waals surface area contributed by atoms with Crippen LogP contribution in [0.4, 0.5) is 0 Å². The molecule has 2 heteroatoms. The molecule has 1 aliphatic rings. The number of nitrogens with two attached hydrogens (primary N) is 1. The lowest BCUT2D eigenvalue weighted by molar-refractivity contribution is 0.605. The van der Waals surface area contributed by atoms with Crippen LogP contribution in [0.3, 0.4) is 0 Å². The van der Waals surface area contributed by atoms with Crippen LogP contribution in [0.5, 0.6) is 0 Å². The number of rotatable bonds is 4. The van der Waals surface area contributed by atoms with E-state index in [0.717, 1.165) is 5.92 Å². The van der Waals surface area contributed by atoms with Crippen LogP contribution < -0.4 is 11.1 Å². The molecule has 0 radical (unpaired) electrons. The second kappa shape index (κ2) is 4.11. The van der Waals surface area contributed by atoms with E-state index >= 15 is 0 Å². The van der Waals surface area contributed by atoms with Crippen molar-refractivity contribution in [3.63, 3.8) is 0 Å². The van der Waals surface area contributed by atoms with E-state index in [1.54, 1.807) is 0 Å². The van der Waals surface area contributed by atoms with Gasteiger partial charge in [0.2, 0.25) is 0 Å². The standard InChI is InChI=1S/C12H18N2/c1-14-12(8-13)11-6-4-10(5-7-11)9-2-3-9/h4-7,9,12,14H,2-3,8,13H2,1H3. The van der Waals surface area contributed by atoms with Crippen molar-refractivity contribution in [3.8, 4) is 0 Å². The van der Waals surface area contributed by atoms with Gasteiger partial charge < -0.3 is 11.1 Å². The maximum atomic E-state index is 5.66. The first-order chi connectivity index (χ1) is 6.85. The van der Waals surface area contributed by atoms with E-state index in [2.05, 4.69) is 29.6 Å². The summed E-state index contributed by atoms with van der Waals surface area (Å²) in [4.78, 5) is 0. The first kappa shape index (κ1) is 9.69. The van der Waals surface area contributed by atoms with Gasteiger partial charge in [0, 0.05) is 12.6 Å². The van der Waals surface area contributed by atoms with Crippen LogP contribution in [-0.2, 0) is 0 Å². The molecule has 2 rings (SSSR count). The van der Waals surface area contributed by atoms with Gasteiger partial charge in [-0.25, -0.2) is 0 Å². The molecular weight excluding hydrogens is 172 g/mol. The smallest absolute Gasteiger partial charge is 0.0442 e. The first-order valence-corrected chi connectivity index (χ1v) is 5.32. The molecule has 1 saturated carbocycles. The van der Waals surface area contributed by atoms with Crippen LogP contribution >= 0.6 is 0 Å². The van der Waals surface area contributed by atoms with Gasteiger partial charge in [0.1, 0.15) is 0 Å². The Morgan fingerprint density at radius 3 is 2.43 bits per heavy atom. The van der Waals surface area contributed by atoms with Crippen LogP contribution in [-0.4, -0.2) is 13.6 Å². The molecule has 3 N–H and O–H groups in total. The van der Waals surface area contributed by atoms with Gasteiger partial charge in [0.25, 0.3) is 0 Å². The highest BCUT2D eigenvalue weighted by molar-refractivity contribution is 5.29. The van der Waals surface area contributed by atoms with Gasteiger partial charge in [-0.3, -0.25) is 0 Å². The van der Waals surface area contributed by atoms with E-state index in [4.69, 9.17) is 5.73 Å². The zero-order chi connectivity index (χ0) is 9.97. The lowest BCUT2D eigenvalue weighted by Crippen LogP contribution is -2.24. The van der Waals surface area contributed by atoms with Gasteiger partial charge in [-0.15, -0.1) is 0 Å². The largest absolute Gasteiger partial charge is 0.329 e. The minimum atomic E-state index is 0.295. The fourth-order valence-electron chi connectivity index (χ4n) is 1.84. The number of hydrogen-bond acceptors (Lipinski definition) is 2. The molecule has 1 aromatic carbocycles. The predicted octanol–water partition coefficient (Wildman–Crippen LogP) is 1.78. The number of nitrogens with one attached hydrogen (secondary N) is 1. The molecule has 0 bridgehead atoms. The normalized spacial score (nSPS) is 18.1. The van der Waals surface area contributed by atoms with Crippen molar-refractivity contribution < 1.29 is 0 Å². The number of benzene rings is 1. The van der Waals surface area contributed by atoms with Crippen molar-refractivity contribution in [1.29, 1.82) is 0 Å². The molecule has 76 valence electrons. The molecule has 2 nitrogen and oxygen atoms in total. The summed E-state index contributed by atoms with van der Waals surface area (Å²) in [5.74, 6) is 0.843. The fourth-order valence-corrected chi connectivity index (χ4v) is 1.84. The average molecular weight is 190 g/mol. The van der Waals surface area contributed by atoms with Crippen LogP contribution in [0.2, 0.25) is 0 Å². The van der Waals surface area contributed by atoms with E-state index in [-0.39, 0.29) is 0 Å². The van der Waals surface area contributed by atoms with Crippen LogP contribution in [0.15, 0.2) is 24.3 Å². The highest BCUT2D eigenvalue weighted by atomic mass is 14.9. The van der Waals surface area contributed by atoms with Crippen LogP contribution in [0, 0.1) is 0 Å². The number of likely N-dealkylation sites (N-methyl/N-ethyl adjacent to an activating group) is 1. The minimum absolute atomic E-state index is 0.295. The Morgan fingerprint density at radius 2 is 2.00 bits per heavy atom. The zero-order valence-corrected chi connectivity index (χ0v) is 8.66. The van der Waals surface area contributed by atoms with Gasteiger partial charge in [-0.2, -0.15) is 0 Å². The molecule has 0 aromatic heterocycles. The third kappa shape index (κ3) is 1.97. The van der Waals surface area contributed by atoms with Crippen LogP contribution in [0.25, 0.3) is 0 Å². The minimum Gasteiger partial charge on any atom is -0.329 e. The Bertz CT molecular complexity index is 284. The molecule has 0 aliphatic heterocycles. The quantitative estimate of drug-likeness (QED) is 0.759. The second-order valence-corrected chi connectivity index (χ2v) is 4.02. The average Bonchev–Trinajstić information content (AvgIpc) is 3.04. The van der Waals surface area contributed by atoms with Gasteiger partial charge >= 0.3 is 0 Å². The first-order valence-electron chi connectivity index (χ1n) is 5.32. The lowest BCUT2D eigenvalue weighted by atomic mass is 10.0. The maximum Gasteiger partial charge on any atom is 0.0442 e. The summed E-state index contributed by atoms with van der Waals surface area (Å²) in [6.45, 7) is 0.652. The summed E-state index contributed by atoms with van der Waals surface area (Å²) in [7, 11) is 1.95. The molecular formula is C12H18N2. The van der Waals surface area contributed by atoms with Crippen molar-refractivity contribution >= 4 is 0 Å². The summed E-state index contributed by atoms with van der Waals surface area (Å²) in [6, 6.07) is 9.17. The van der Waals surface area contributed by atoms with Gasteiger partial charge in [0.15, 0.2) is 0 Å². The van der Waals surface area contributed by atoms with Crippen molar-refractivity contribution in [2.75, 3.05) is 13.6 Å². The molecule has 1 atom stereocenters. The topological polar surface area (TPSA) is 38.0 Å². The number of hydrogen-bond donors (Lipinski definition) is 2. The van der Waals surface area contributed by atoms with Crippen molar-refractivity contribution in [3.05, 3.63) is 35.4 Å². The van der Waals surface area contributed by atoms with Crippen molar-refractivity contribution in [1.82, 2.24) is 5.32 Å². The monoisotopic (exact) mass is 190 g/mol. The molecule has 14 heavy (non-hydrogen) atoms. The fraction of sp³-hybridized carbons (Fsp3) is 0.500. The van der Waals surface area contributed by atoms with Crippen LogP contribution in [0.1, 0.15) is 35.9 Å². The maximum absolute atomic E-state index is 5.66. The SMILES string of the molecule is CNC(CN)c1ccc(C2CC2)cc1. The third-order valence-corrected chi connectivity index (χ3v) is 2.97. The lowest BCUT2D eigenvalue weighted by Gasteiger charge is -2.14. The molecule has 0 heterocycles. The third-order valence-electron chi connectivity index (χ3n) is 2.97. The van der Waals surface area contributed by atoms with Gasteiger partial charge in [-0.05, 0) is 36.9 Å². The zero-order valence-electron chi connectivity index (χ0n) is 8.66. The highest BCUT2D eigenvalue weighted by Gasteiger charge is 2.23. The van der Waals surface area contributed by atoms with Gasteiger partial charge in [0.05, 0.1) is 0 Å². The van der Waals surface area contributed by atoms with Gasteiger partial charge in [-0.1, -0.05) is 24.3 Å². The summed E-state index contributed by atoms with van der Waals surface area (Å²) < 4.78 is 0. The van der Waals surface area contributed by atoms with E-state index in [1.807, 2.05) is 7.05 Å². The predicted molar refractivity (Wildman–Crippen MR) is 59.3 cm³/mol. The molecule has 1 aliphatic carbocycles.